The molecule has 1 atom stereocenters. The second-order valence-corrected chi connectivity index (χ2v) is 7.06. The van der Waals surface area contributed by atoms with E-state index in [1.807, 2.05) is 18.7 Å². The molecule has 0 saturated heterocycles. The Bertz CT molecular complexity index is 565. The van der Waals surface area contributed by atoms with Crippen LogP contribution < -0.4 is 10.6 Å². The first kappa shape index (κ1) is 20.4. The number of nitrogens with one attached hydrogen (secondary N) is 2. The zero-order chi connectivity index (χ0) is 16.9. The third-order valence-electron chi connectivity index (χ3n) is 5.23. The number of likely N-dealkylation sites (N-methyl/N-ethyl adjacent to an activating group) is 1. The fourth-order valence-electron chi connectivity index (χ4n) is 3.82. The monoisotopic (exact) mass is 461 g/mol. The van der Waals surface area contributed by atoms with Gasteiger partial charge in [0.1, 0.15) is 11.6 Å². The van der Waals surface area contributed by atoms with Crippen molar-refractivity contribution >= 4 is 29.9 Å². The molecule has 1 fully saturated rings. The van der Waals surface area contributed by atoms with Gasteiger partial charge >= 0.3 is 0 Å². The van der Waals surface area contributed by atoms with Crippen LogP contribution in [0.2, 0.25) is 0 Å². The highest BCUT2D eigenvalue weighted by Crippen LogP contribution is 2.21. The van der Waals surface area contributed by atoms with Gasteiger partial charge in [0.05, 0.1) is 6.54 Å². The Kier molecular flexibility index (Phi) is 7.92. The molecule has 7 nitrogen and oxygen atoms in total. The molecule has 2 heterocycles. The van der Waals surface area contributed by atoms with Crippen molar-refractivity contribution in [2.24, 2.45) is 4.99 Å². The Labute approximate surface area is 168 Å². The van der Waals surface area contributed by atoms with E-state index in [0.29, 0.717) is 6.04 Å². The van der Waals surface area contributed by atoms with Crippen LogP contribution >= 0.6 is 24.0 Å². The topological polar surface area (TPSA) is 70.4 Å². The van der Waals surface area contributed by atoms with Gasteiger partial charge < -0.3 is 15.5 Å². The molecule has 0 spiro atoms. The minimum absolute atomic E-state index is 0. The Balaban J connectivity index is 0.00000225. The lowest BCUT2D eigenvalue weighted by atomic mass is 10.1. The molecule has 1 aromatic rings. The van der Waals surface area contributed by atoms with Gasteiger partial charge in [-0.15, -0.1) is 24.0 Å². The predicted octanol–water partition coefficient (Wildman–Crippen LogP) is 1.56. The fourth-order valence-corrected chi connectivity index (χ4v) is 3.82. The normalized spacial score (nSPS) is 21.1. The molecule has 1 aromatic heterocycles. The highest BCUT2D eigenvalue weighted by atomic mass is 127. The average Bonchev–Trinajstić information content (AvgIpc) is 3.21. The number of hydrogen-bond acceptors (Lipinski definition) is 4. The summed E-state index contributed by atoms with van der Waals surface area (Å²) in [5.74, 6) is 2.86. The minimum Gasteiger partial charge on any atom is -0.355 e. The van der Waals surface area contributed by atoms with Crippen LogP contribution in [0.15, 0.2) is 4.99 Å². The van der Waals surface area contributed by atoms with Gasteiger partial charge in [0.25, 0.3) is 0 Å². The van der Waals surface area contributed by atoms with Crippen LogP contribution in [0, 0.1) is 6.92 Å². The Morgan fingerprint density at radius 3 is 2.80 bits per heavy atom. The standard InChI is InChI=1S/C17H31N7.HI/c1-13-20-16-9-8-14(12-24(16)22-13)21-17(18-2)19-10-11-23(3)15-6-4-5-7-15;/h14-15H,4-12H2,1-3H3,(H2,18,19,21);1H. The summed E-state index contributed by atoms with van der Waals surface area (Å²) < 4.78 is 2.03. The summed E-state index contributed by atoms with van der Waals surface area (Å²) in [4.78, 5) is 11.3. The molecule has 0 radical (unpaired) electrons. The molecule has 25 heavy (non-hydrogen) atoms. The van der Waals surface area contributed by atoms with Gasteiger partial charge in [0.2, 0.25) is 0 Å². The number of guanidine groups is 1. The molecule has 3 rings (SSSR count). The van der Waals surface area contributed by atoms with Crippen molar-refractivity contribution < 1.29 is 0 Å². The van der Waals surface area contributed by atoms with Crippen molar-refractivity contribution in [3.05, 3.63) is 11.6 Å². The number of rotatable bonds is 5. The summed E-state index contributed by atoms with van der Waals surface area (Å²) >= 11 is 0. The molecule has 0 bridgehead atoms. The summed E-state index contributed by atoms with van der Waals surface area (Å²) in [5.41, 5.74) is 0. The zero-order valence-electron chi connectivity index (χ0n) is 15.7. The van der Waals surface area contributed by atoms with Crippen LogP contribution in [0.4, 0.5) is 0 Å². The van der Waals surface area contributed by atoms with Crippen LogP contribution in [0.25, 0.3) is 0 Å². The van der Waals surface area contributed by atoms with Crippen molar-refractivity contribution in [1.82, 2.24) is 30.3 Å². The molecular formula is C17H32IN7. The average molecular weight is 461 g/mol. The lowest BCUT2D eigenvalue weighted by Crippen LogP contribution is -2.48. The summed E-state index contributed by atoms with van der Waals surface area (Å²) in [6.07, 6.45) is 7.52. The van der Waals surface area contributed by atoms with Gasteiger partial charge in [-0.05, 0) is 33.2 Å². The van der Waals surface area contributed by atoms with E-state index in [9.17, 15) is 0 Å². The maximum Gasteiger partial charge on any atom is 0.191 e. The molecule has 1 unspecified atom stereocenters. The predicted molar refractivity (Wildman–Crippen MR) is 112 cm³/mol. The molecule has 0 amide bonds. The van der Waals surface area contributed by atoms with Crippen molar-refractivity contribution in [3.8, 4) is 0 Å². The number of fused-ring (bicyclic) bond motifs is 1. The number of halogens is 1. The lowest BCUT2D eigenvalue weighted by molar-refractivity contribution is 0.249. The Morgan fingerprint density at radius 1 is 1.32 bits per heavy atom. The summed E-state index contributed by atoms with van der Waals surface area (Å²) in [6.45, 7) is 4.80. The van der Waals surface area contributed by atoms with E-state index in [-0.39, 0.29) is 24.0 Å². The second-order valence-electron chi connectivity index (χ2n) is 7.06. The van der Waals surface area contributed by atoms with E-state index in [1.54, 1.807) is 0 Å². The highest BCUT2D eigenvalue weighted by molar-refractivity contribution is 14.0. The van der Waals surface area contributed by atoms with Gasteiger partial charge in [-0.1, -0.05) is 12.8 Å². The van der Waals surface area contributed by atoms with Crippen molar-refractivity contribution in [1.29, 1.82) is 0 Å². The minimum atomic E-state index is 0. The number of aryl methyl sites for hydroxylation is 2. The first-order chi connectivity index (χ1) is 11.7. The largest absolute Gasteiger partial charge is 0.355 e. The number of aliphatic imine (C=N–C) groups is 1. The molecule has 0 aromatic carbocycles. The Morgan fingerprint density at radius 2 is 2.08 bits per heavy atom. The number of nitrogens with zero attached hydrogens (tertiary/aromatic N) is 5. The van der Waals surface area contributed by atoms with E-state index in [2.05, 4.69) is 37.7 Å². The van der Waals surface area contributed by atoms with Crippen molar-refractivity contribution in [2.45, 2.75) is 64.1 Å². The molecule has 1 aliphatic carbocycles. The van der Waals surface area contributed by atoms with Gasteiger partial charge in [-0.2, -0.15) is 5.10 Å². The third-order valence-corrected chi connectivity index (χ3v) is 5.23. The van der Waals surface area contributed by atoms with E-state index >= 15 is 0 Å². The van der Waals surface area contributed by atoms with Crippen LogP contribution in [-0.4, -0.2) is 64.9 Å². The van der Waals surface area contributed by atoms with Gasteiger partial charge in [0, 0.05) is 38.6 Å². The number of aromatic nitrogens is 3. The SMILES string of the molecule is CN=C(NCCN(C)C1CCCC1)NC1CCc2nc(C)nn2C1.I. The maximum atomic E-state index is 4.46. The molecular weight excluding hydrogens is 429 g/mol. The maximum absolute atomic E-state index is 4.46. The van der Waals surface area contributed by atoms with Gasteiger partial charge in [-0.25, -0.2) is 9.67 Å². The van der Waals surface area contributed by atoms with Crippen molar-refractivity contribution in [3.63, 3.8) is 0 Å². The first-order valence-corrected chi connectivity index (χ1v) is 9.23. The highest BCUT2D eigenvalue weighted by Gasteiger charge is 2.22. The van der Waals surface area contributed by atoms with E-state index in [0.717, 1.165) is 56.1 Å². The molecule has 1 aliphatic heterocycles. The number of hydrogen-bond donors (Lipinski definition) is 2. The smallest absolute Gasteiger partial charge is 0.191 e. The third kappa shape index (κ3) is 5.54. The molecule has 2 aliphatic rings. The van der Waals surface area contributed by atoms with Gasteiger partial charge in [-0.3, -0.25) is 4.99 Å². The van der Waals surface area contributed by atoms with Crippen LogP contribution in [0.1, 0.15) is 43.8 Å². The first-order valence-electron chi connectivity index (χ1n) is 9.23. The quantitative estimate of drug-likeness (QED) is 0.396. The van der Waals surface area contributed by atoms with E-state index in [4.69, 9.17) is 0 Å². The molecule has 1 saturated carbocycles. The lowest BCUT2D eigenvalue weighted by Gasteiger charge is -2.27. The van der Waals surface area contributed by atoms with Crippen LogP contribution in [0.3, 0.4) is 0 Å². The molecule has 142 valence electrons. The summed E-state index contributed by atoms with van der Waals surface area (Å²) in [6, 6.07) is 1.13. The Hall–Kier alpha value is -0.900. The van der Waals surface area contributed by atoms with E-state index in [1.165, 1.54) is 25.7 Å². The summed E-state index contributed by atoms with van der Waals surface area (Å²) in [5, 5.41) is 11.4. The van der Waals surface area contributed by atoms with Crippen LogP contribution in [0.5, 0.6) is 0 Å². The summed E-state index contributed by atoms with van der Waals surface area (Å²) in [7, 11) is 4.08. The fraction of sp³-hybridized carbons (Fsp3) is 0.824. The van der Waals surface area contributed by atoms with Crippen molar-refractivity contribution in [2.75, 3.05) is 27.2 Å². The molecule has 2 N–H and O–H groups in total. The second kappa shape index (κ2) is 9.70. The van der Waals surface area contributed by atoms with Crippen LogP contribution in [-0.2, 0) is 13.0 Å². The zero-order valence-corrected chi connectivity index (χ0v) is 18.0. The molecule has 8 heteroatoms. The van der Waals surface area contributed by atoms with Gasteiger partial charge in [0.15, 0.2) is 5.96 Å². The van der Waals surface area contributed by atoms with E-state index < -0.39 is 0 Å².